The van der Waals surface area contributed by atoms with Crippen LogP contribution in [-0.2, 0) is 19.4 Å². The number of nitrogens with zero attached hydrogens (tertiary/aromatic N) is 1. The van der Waals surface area contributed by atoms with Gasteiger partial charge in [0.2, 0.25) is 0 Å². The summed E-state index contributed by atoms with van der Waals surface area (Å²) in [5.41, 5.74) is 4.39. The molecule has 0 radical (unpaired) electrons. The third-order valence-electron chi connectivity index (χ3n) is 5.36. The molecule has 0 bridgehead atoms. The van der Waals surface area contributed by atoms with Gasteiger partial charge in [-0.3, -0.25) is 4.79 Å². The summed E-state index contributed by atoms with van der Waals surface area (Å²) < 4.78 is 10.7. The van der Waals surface area contributed by atoms with Gasteiger partial charge in [0.1, 0.15) is 11.5 Å². The van der Waals surface area contributed by atoms with Crippen molar-refractivity contribution in [2.24, 2.45) is 0 Å². The lowest BCUT2D eigenvalue weighted by Gasteiger charge is -2.20. The molecule has 4 nitrogen and oxygen atoms in total. The zero-order valence-corrected chi connectivity index (χ0v) is 15.9. The second kappa shape index (κ2) is 6.95. The molecule has 4 rings (SSSR count). The molecular formula is C23H23NO3. The minimum atomic E-state index is 0.0171. The molecule has 0 saturated heterocycles. The molecule has 0 aromatic heterocycles. The number of carbonyl (C=O) groups is 1. The maximum Gasteiger partial charge on any atom is 0.254 e. The highest BCUT2D eigenvalue weighted by Gasteiger charge is 2.21. The largest absolute Gasteiger partial charge is 0.497 e. The first-order valence-electron chi connectivity index (χ1n) is 9.12. The van der Waals surface area contributed by atoms with Gasteiger partial charge in [0.05, 0.1) is 14.2 Å². The number of methoxy groups -OCH3 is 2. The molecule has 0 fully saturated rings. The third kappa shape index (κ3) is 3.01. The molecule has 3 aromatic carbocycles. The number of hydrogen-bond acceptors (Lipinski definition) is 3. The molecule has 0 spiro atoms. The lowest BCUT2D eigenvalue weighted by Crippen LogP contribution is -2.26. The molecule has 1 amide bonds. The zero-order valence-electron chi connectivity index (χ0n) is 15.9. The highest BCUT2D eigenvalue weighted by molar-refractivity contribution is 6.09. The normalized spacial score (nSPS) is 12.3. The molecule has 1 aliphatic carbocycles. The average Bonchev–Trinajstić information content (AvgIpc) is 3.13. The Morgan fingerprint density at radius 3 is 2.52 bits per heavy atom. The molecule has 0 N–H and O–H groups in total. The van der Waals surface area contributed by atoms with E-state index < -0.39 is 0 Å². The first kappa shape index (κ1) is 17.4. The predicted octanol–water partition coefficient (Wildman–Crippen LogP) is 4.23. The fraction of sp³-hybridized carbons (Fsp3) is 0.261. The highest BCUT2D eigenvalue weighted by atomic mass is 16.5. The van der Waals surface area contributed by atoms with E-state index in [0.717, 1.165) is 40.9 Å². The van der Waals surface area contributed by atoms with Gasteiger partial charge in [0, 0.05) is 30.8 Å². The van der Waals surface area contributed by atoms with Crippen LogP contribution in [0.5, 0.6) is 11.5 Å². The zero-order chi connectivity index (χ0) is 19.0. The minimum Gasteiger partial charge on any atom is -0.497 e. The molecule has 1 aliphatic rings. The first-order chi connectivity index (χ1) is 13.1. The number of hydrogen-bond donors (Lipinski definition) is 0. The summed E-state index contributed by atoms with van der Waals surface area (Å²) in [4.78, 5) is 14.9. The Kier molecular flexibility index (Phi) is 4.48. The van der Waals surface area contributed by atoms with Gasteiger partial charge in [-0.1, -0.05) is 24.3 Å². The Hall–Kier alpha value is -3.01. The molecule has 0 unspecified atom stereocenters. The smallest absolute Gasteiger partial charge is 0.254 e. The van der Waals surface area contributed by atoms with E-state index in [4.69, 9.17) is 9.47 Å². The van der Waals surface area contributed by atoms with Gasteiger partial charge < -0.3 is 14.4 Å². The Morgan fingerprint density at radius 1 is 1.00 bits per heavy atom. The van der Waals surface area contributed by atoms with Crippen molar-refractivity contribution in [1.82, 2.24) is 4.90 Å². The lowest BCUT2D eigenvalue weighted by molar-refractivity contribution is 0.0786. The van der Waals surface area contributed by atoms with Crippen molar-refractivity contribution < 1.29 is 14.3 Å². The van der Waals surface area contributed by atoms with Gasteiger partial charge in [-0.25, -0.2) is 0 Å². The van der Waals surface area contributed by atoms with Crippen LogP contribution in [-0.4, -0.2) is 32.1 Å². The topological polar surface area (TPSA) is 38.8 Å². The van der Waals surface area contributed by atoms with Crippen molar-refractivity contribution in [3.8, 4) is 11.5 Å². The van der Waals surface area contributed by atoms with E-state index in [1.54, 1.807) is 19.1 Å². The molecule has 27 heavy (non-hydrogen) atoms. The first-order valence-corrected chi connectivity index (χ1v) is 9.12. The second-order valence-corrected chi connectivity index (χ2v) is 6.95. The summed E-state index contributed by atoms with van der Waals surface area (Å²) in [6.07, 6.45) is 2.12. The van der Waals surface area contributed by atoms with E-state index in [1.165, 1.54) is 16.5 Å². The van der Waals surface area contributed by atoms with Crippen LogP contribution in [0.1, 0.15) is 27.0 Å². The Labute approximate surface area is 159 Å². The summed E-state index contributed by atoms with van der Waals surface area (Å²) in [5.74, 6) is 1.47. The van der Waals surface area contributed by atoms with Crippen LogP contribution in [0.15, 0.2) is 48.5 Å². The molecular weight excluding hydrogens is 338 g/mol. The van der Waals surface area contributed by atoms with Crippen LogP contribution < -0.4 is 9.47 Å². The van der Waals surface area contributed by atoms with Crippen molar-refractivity contribution in [3.63, 3.8) is 0 Å². The van der Waals surface area contributed by atoms with Crippen LogP contribution in [0.4, 0.5) is 0 Å². The Morgan fingerprint density at radius 2 is 1.78 bits per heavy atom. The Bertz CT molecular complexity index is 1020. The molecule has 0 heterocycles. The number of rotatable bonds is 5. The van der Waals surface area contributed by atoms with Gasteiger partial charge in [-0.05, 0) is 52.9 Å². The van der Waals surface area contributed by atoms with Crippen LogP contribution >= 0.6 is 0 Å². The molecule has 4 heteroatoms. The highest BCUT2D eigenvalue weighted by Crippen LogP contribution is 2.33. The minimum absolute atomic E-state index is 0.0171. The van der Waals surface area contributed by atoms with E-state index in [2.05, 4.69) is 24.3 Å². The van der Waals surface area contributed by atoms with Crippen molar-refractivity contribution in [2.75, 3.05) is 21.3 Å². The predicted molar refractivity (Wildman–Crippen MR) is 107 cm³/mol. The number of aryl methyl sites for hydroxylation is 2. The average molecular weight is 361 g/mol. The molecule has 138 valence electrons. The molecule has 0 aliphatic heterocycles. The maximum absolute atomic E-state index is 13.2. The van der Waals surface area contributed by atoms with Crippen LogP contribution in [0, 0.1) is 0 Å². The summed E-state index contributed by atoms with van der Waals surface area (Å²) >= 11 is 0. The standard InChI is InChI=1S/C23H23NO3/c1-24(14-17-9-11-18(26-2)13-21(17)27-3)23(25)20-12-10-16-8-7-15-5-4-6-19(20)22(15)16/h4-6,9-13H,7-8,14H2,1-3H3. The van der Waals surface area contributed by atoms with Gasteiger partial charge in [-0.2, -0.15) is 0 Å². The summed E-state index contributed by atoms with van der Waals surface area (Å²) in [7, 11) is 5.08. The van der Waals surface area contributed by atoms with Crippen molar-refractivity contribution in [1.29, 1.82) is 0 Å². The quantitative estimate of drug-likeness (QED) is 0.683. The fourth-order valence-corrected chi connectivity index (χ4v) is 3.95. The molecule has 3 aromatic rings. The maximum atomic E-state index is 13.2. The van der Waals surface area contributed by atoms with Crippen LogP contribution in [0.25, 0.3) is 10.8 Å². The van der Waals surface area contributed by atoms with Gasteiger partial charge in [0.25, 0.3) is 5.91 Å². The lowest BCUT2D eigenvalue weighted by atomic mass is 9.99. The number of ether oxygens (including phenoxy) is 2. The summed E-state index contributed by atoms with van der Waals surface area (Å²) in [6.45, 7) is 0.467. The number of carbonyl (C=O) groups excluding carboxylic acids is 1. The Balaban J connectivity index is 1.65. The molecule has 0 atom stereocenters. The summed E-state index contributed by atoms with van der Waals surface area (Å²) in [6, 6.07) is 16.0. The van der Waals surface area contributed by atoms with Crippen LogP contribution in [0.3, 0.4) is 0 Å². The number of amides is 1. The van der Waals surface area contributed by atoms with E-state index in [-0.39, 0.29) is 5.91 Å². The SMILES string of the molecule is COc1ccc(CN(C)C(=O)c2ccc3c4c(cccc24)CC3)c(OC)c1. The van der Waals surface area contributed by atoms with Crippen molar-refractivity contribution in [2.45, 2.75) is 19.4 Å². The van der Waals surface area contributed by atoms with Gasteiger partial charge >= 0.3 is 0 Å². The van der Waals surface area contributed by atoms with E-state index >= 15 is 0 Å². The second-order valence-electron chi connectivity index (χ2n) is 6.95. The monoisotopic (exact) mass is 361 g/mol. The van der Waals surface area contributed by atoms with Gasteiger partial charge in [-0.15, -0.1) is 0 Å². The van der Waals surface area contributed by atoms with E-state index in [9.17, 15) is 4.79 Å². The van der Waals surface area contributed by atoms with Crippen LogP contribution in [0.2, 0.25) is 0 Å². The number of benzene rings is 3. The van der Waals surface area contributed by atoms with Crippen molar-refractivity contribution >= 4 is 16.7 Å². The summed E-state index contributed by atoms with van der Waals surface area (Å²) in [5, 5.41) is 2.32. The third-order valence-corrected chi connectivity index (χ3v) is 5.36. The van der Waals surface area contributed by atoms with Gasteiger partial charge in [0.15, 0.2) is 0 Å². The van der Waals surface area contributed by atoms with Crippen molar-refractivity contribution in [3.05, 3.63) is 70.8 Å². The molecule has 0 saturated carbocycles. The fourth-order valence-electron chi connectivity index (χ4n) is 3.95. The van der Waals surface area contributed by atoms with E-state index in [0.29, 0.717) is 6.54 Å². The van der Waals surface area contributed by atoms with E-state index in [1.807, 2.05) is 31.3 Å².